The lowest BCUT2D eigenvalue weighted by molar-refractivity contribution is 0.415. The lowest BCUT2D eigenvalue weighted by atomic mass is 10.0. The number of halogens is 4. The molecule has 3 rings (SSSR count). The summed E-state index contributed by atoms with van der Waals surface area (Å²) in [5.74, 6) is -2.46. The maximum absolute atomic E-state index is 14.2. The van der Waals surface area contributed by atoms with Crippen LogP contribution < -0.4 is 4.74 Å². The second-order valence-electron chi connectivity index (χ2n) is 5.11. The van der Waals surface area contributed by atoms with Crippen molar-refractivity contribution >= 4 is 11.6 Å². The standard InChI is InChI=1S/C17H12ClF3N2O/c1-23-16(9-3-5-11(24-2)6-4-9)15(17(18)22-23)14-12(20)7-10(19)8-13(14)21/h3-8H,1-2H3. The van der Waals surface area contributed by atoms with Gasteiger partial charge in [0, 0.05) is 24.7 Å². The highest BCUT2D eigenvalue weighted by Gasteiger charge is 2.24. The first kappa shape index (κ1) is 16.4. The molecule has 2 aromatic carbocycles. The van der Waals surface area contributed by atoms with Crippen molar-refractivity contribution in [2.45, 2.75) is 0 Å². The van der Waals surface area contributed by atoms with Gasteiger partial charge in [0.2, 0.25) is 0 Å². The summed E-state index contributed by atoms with van der Waals surface area (Å²) in [6.45, 7) is 0. The van der Waals surface area contributed by atoms with Gasteiger partial charge < -0.3 is 4.74 Å². The molecule has 0 atom stereocenters. The molecule has 0 spiro atoms. The summed E-state index contributed by atoms with van der Waals surface area (Å²) in [5, 5.41) is 3.96. The molecular formula is C17H12ClF3N2O. The molecule has 0 fully saturated rings. The molecule has 0 aliphatic carbocycles. The van der Waals surface area contributed by atoms with E-state index in [2.05, 4.69) is 5.10 Å². The van der Waals surface area contributed by atoms with Crippen LogP contribution in [-0.4, -0.2) is 16.9 Å². The van der Waals surface area contributed by atoms with Gasteiger partial charge in [0.1, 0.15) is 23.2 Å². The van der Waals surface area contributed by atoms with Crippen LogP contribution in [0.4, 0.5) is 13.2 Å². The Bertz CT molecular complexity index is 884. The quantitative estimate of drug-likeness (QED) is 0.675. The van der Waals surface area contributed by atoms with Gasteiger partial charge in [-0.25, -0.2) is 13.2 Å². The number of hydrogen-bond acceptors (Lipinski definition) is 2. The van der Waals surface area contributed by atoms with Crippen molar-refractivity contribution in [3.05, 3.63) is 59.0 Å². The zero-order chi connectivity index (χ0) is 17.4. The van der Waals surface area contributed by atoms with Crippen LogP contribution in [0.25, 0.3) is 22.4 Å². The number of hydrogen-bond donors (Lipinski definition) is 0. The Hall–Kier alpha value is -2.47. The third-order valence-corrected chi connectivity index (χ3v) is 3.89. The Morgan fingerprint density at radius 1 is 1.00 bits per heavy atom. The van der Waals surface area contributed by atoms with Gasteiger partial charge in [-0.15, -0.1) is 0 Å². The number of methoxy groups -OCH3 is 1. The highest BCUT2D eigenvalue weighted by atomic mass is 35.5. The zero-order valence-corrected chi connectivity index (χ0v) is 13.5. The van der Waals surface area contributed by atoms with E-state index in [0.717, 1.165) is 0 Å². The third kappa shape index (κ3) is 2.73. The first-order valence-electron chi connectivity index (χ1n) is 6.94. The molecule has 0 radical (unpaired) electrons. The van der Waals surface area contributed by atoms with Crippen molar-refractivity contribution in [3.63, 3.8) is 0 Å². The van der Waals surface area contributed by atoms with E-state index in [0.29, 0.717) is 29.1 Å². The molecular weight excluding hydrogens is 341 g/mol. The van der Waals surface area contributed by atoms with Gasteiger partial charge in [-0.2, -0.15) is 5.10 Å². The van der Waals surface area contributed by atoms with Crippen LogP contribution in [0.2, 0.25) is 5.15 Å². The fourth-order valence-corrected chi connectivity index (χ4v) is 2.87. The Morgan fingerprint density at radius 3 is 2.12 bits per heavy atom. The van der Waals surface area contributed by atoms with Crippen LogP contribution in [0.15, 0.2) is 36.4 Å². The highest BCUT2D eigenvalue weighted by molar-refractivity contribution is 6.33. The monoisotopic (exact) mass is 352 g/mol. The molecule has 0 N–H and O–H groups in total. The molecule has 3 nitrogen and oxygen atoms in total. The van der Waals surface area contributed by atoms with Crippen molar-refractivity contribution in [1.29, 1.82) is 0 Å². The average molecular weight is 353 g/mol. The first-order chi connectivity index (χ1) is 11.4. The van der Waals surface area contributed by atoms with Crippen molar-refractivity contribution < 1.29 is 17.9 Å². The molecule has 124 valence electrons. The predicted octanol–water partition coefficient (Wildman–Crippen LogP) is 4.83. The number of aryl methyl sites for hydroxylation is 1. The Kier molecular flexibility index (Phi) is 4.24. The Balaban J connectivity index is 2.27. The summed E-state index contributed by atoms with van der Waals surface area (Å²) in [6.07, 6.45) is 0. The van der Waals surface area contributed by atoms with Gasteiger partial charge >= 0.3 is 0 Å². The second kappa shape index (κ2) is 6.20. The fourth-order valence-electron chi connectivity index (χ4n) is 2.57. The maximum Gasteiger partial charge on any atom is 0.159 e. The van der Waals surface area contributed by atoms with Gasteiger partial charge in [-0.3, -0.25) is 4.68 Å². The molecule has 24 heavy (non-hydrogen) atoms. The largest absolute Gasteiger partial charge is 0.497 e. The smallest absolute Gasteiger partial charge is 0.159 e. The van der Waals surface area contributed by atoms with Crippen LogP contribution in [0, 0.1) is 17.5 Å². The fraction of sp³-hybridized carbons (Fsp3) is 0.118. The van der Waals surface area contributed by atoms with Crippen LogP contribution in [0.5, 0.6) is 5.75 Å². The molecule has 0 saturated heterocycles. The van der Waals surface area contributed by atoms with Gasteiger partial charge in [0.05, 0.1) is 23.9 Å². The number of benzene rings is 2. The number of rotatable bonds is 3. The number of nitrogens with zero attached hydrogens (tertiary/aromatic N) is 2. The van der Waals surface area contributed by atoms with E-state index in [1.807, 2.05) is 0 Å². The minimum Gasteiger partial charge on any atom is -0.497 e. The van der Waals surface area contributed by atoms with Crippen LogP contribution in [-0.2, 0) is 7.05 Å². The molecule has 7 heteroatoms. The minimum absolute atomic E-state index is 0.0688. The van der Waals surface area contributed by atoms with E-state index in [1.165, 1.54) is 11.8 Å². The number of aromatic nitrogens is 2. The zero-order valence-electron chi connectivity index (χ0n) is 12.8. The summed E-state index contributed by atoms with van der Waals surface area (Å²) in [6, 6.07) is 8.07. The first-order valence-corrected chi connectivity index (χ1v) is 7.32. The van der Waals surface area contributed by atoms with E-state index < -0.39 is 23.0 Å². The Morgan fingerprint density at radius 2 is 1.58 bits per heavy atom. The van der Waals surface area contributed by atoms with Crippen LogP contribution >= 0.6 is 11.6 Å². The van der Waals surface area contributed by atoms with Crippen molar-refractivity contribution in [2.75, 3.05) is 7.11 Å². The van der Waals surface area contributed by atoms with Gasteiger partial charge in [0.15, 0.2) is 5.15 Å². The normalized spacial score (nSPS) is 10.9. The third-order valence-electron chi connectivity index (χ3n) is 3.62. The summed E-state index contributed by atoms with van der Waals surface area (Å²) in [7, 11) is 3.14. The molecule has 0 saturated carbocycles. The van der Waals surface area contributed by atoms with Gasteiger partial charge in [-0.1, -0.05) is 11.6 Å². The van der Waals surface area contributed by atoms with Gasteiger partial charge in [0.25, 0.3) is 0 Å². The maximum atomic E-state index is 14.2. The molecule has 0 aliphatic heterocycles. The summed E-state index contributed by atoms with van der Waals surface area (Å²) in [4.78, 5) is 0. The SMILES string of the molecule is COc1ccc(-c2c(-c3c(F)cc(F)cc3F)c(Cl)nn2C)cc1. The molecule has 1 aromatic heterocycles. The van der Waals surface area contributed by atoms with E-state index in [1.54, 1.807) is 31.3 Å². The van der Waals surface area contributed by atoms with Crippen molar-refractivity contribution in [2.24, 2.45) is 7.05 Å². The summed E-state index contributed by atoms with van der Waals surface area (Å²) in [5.41, 5.74) is 0.697. The molecule has 1 heterocycles. The van der Waals surface area contributed by atoms with Crippen molar-refractivity contribution in [1.82, 2.24) is 9.78 Å². The van der Waals surface area contributed by atoms with E-state index in [9.17, 15) is 13.2 Å². The van der Waals surface area contributed by atoms with E-state index in [-0.39, 0.29) is 10.7 Å². The van der Waals surface area contributed by atoms with E-state index in [4.69, 9.17) is 16.3 Å². The number of ether oxygens (including phenoxy) is 1. The second-order valence-corrected chi connectivity index (χ2v) is 5.47. The topological polar surface area (TPSA) is 27.1 Å². The minimum atomic E-state index is -1.04. The van der Waals surface area contributed by atoms with Gasteiger partial charge in [-0.05, 0) is 24.3 Å². The van der Waals surface area contributed by atoms with Crippen LogP contribution in [0.3, 0.4) is 0 Å². The average Bonchev–Trinajstić information content (AvgIpc) is 2.81. The lowest BCUT2D eigenvalue weighted by Gasteiger charge is -2.10. The molecule has 0 bridgehead atoms. The summed E-state index contributed by atoms with van der Waals surface area (Å²) >= 11 is 6.09. The van der Waals surface area contributed by atoms with Crippen LogP contribution in [0.1, 0.15) is 0 Å². The highest BCUT2D eigenvalue weighted by Crippen LogP contribution is 2.40. The molecule has 0 amide bonds. The predicted molar refractivity (Wildman–Crippen MR) is 85.5 cm³/mol. The van der Waals surface area contributed by atoms with Crippen molar-refractivity contribution in [3.8, 4) is 28.1 Å². The summed E-state index contributed by atoms with van der Waals surface area (Å²) < 4.78 is 48.1. The Labute approximate surface area is 141 Å². The molecule has 0 unspecified atom stereocenters. The molecule has 3 aromatic rings. The lowest BCUT2D eigenvalue weighted by Crippen LogP contribution is -1.97. The molecule has 0 aliphatic rings. The van der Waals surface area contributed by atoms with E-state index >= 15 is 0 Å².